The Bertz CT molecular complexity index is 836. The van der Waals surface area contributed by atoms with Crippen LogP contribution in [0.25, 0.3) is 11.0 Å². The van der Waals surface area contributed by atoms with Crippen molar-refractivity contribution >= 4 is 28.3 Å². The van der Waals surface area contributed by atoms with E-state index >= 15 is 0 Å². The zero-order chi connectivity index (χ0) is 16.6. The van der Waals surface area contributed by atoms with Crippen molar-refractivity contribution in [3.63, 3.8) is 0 Å². The molecular formula is C17H20N4OS. The number of carbonyl (C=O) groups excluding carboxylic acids is 1. The van der Waals surface area contributed by atoms with Crippen molar-refractivity contribution < 1.29 is 4.79 Å². The van der Waals surface area contributed by atoms with E-state index < -0.39 is 0 Å². The summed E-state index contributed by atoms with van der Waals surface area (Å²) in [5, 5.41) is 7.29. The van der Waals surface area contributed by atoms with Crippen LogP contribution in [-0.4, -0.2) is 32.6 Å². The standard InChI is InChI=1S/C17H20N4OS/c1-11(2)21-16-13(9-18-21)8-15(12(3)19-16)17(22)20(4)10-14-6-5-7-23-14/h5-9,11H,10H2,1-4H3. The maximum Gasteiger partial charge on any atom is 0.255 e. The maximum atomic E-state index is 12.7. The molecule has 0 aromatic carbocycles. The third kappa shape index (κ3) is 2.99. The van der Waals surface area contributed by atoms with Crippen LogP contribution < -0.4 is 0 Å². The molecule has 3 aromatic heterocycles. The highest BCUT2D eigenvalue weighted by molar-refractivity contribution is 7.09. The van der Waals surface area contributed by atoms with Crippen molar-refractivity contribution in [2.75, 3.05) is 7.05 Å². The highest BCUT2D eigenvalue weighted by Crippen LogP contribution is 2.21. The first-order chi connectivity index (χ1) is 11.0. The third-order valence-electron chi connectivity index (χ3n) is 3.80. The van der Waals surface area contributed by atoms with E-state index in [0.29, 0.717) is 12.1 Å². The van der Waals surface area contributed by atoms with Crippen molar-refractivity contribution in [3.05, 3.63) is 45.9 Å². The zero-order valence-corrected chi connectivity index (χ0v) is 14.6. The Morgan fingerprint density at radius 2 is 2.22 bits per heavy atom. The number of amides is 1. The van der Waals surface area contributed by atoms with E-state index in [-0.39, 0.29) is 11.9 Å². The number of carbonyl (C=O) groups is 1. The monoisotopic (exact) mass is 328 g/mol. The van der Waals surface area contributed by atoms with Crippen LogP contribution in [0.15, 0.2) is 29.8 Å². The lowest BCUT2D eigenvalue weighted by atomic mass is 10.1. The molecule has 0 unspecified atom stereocenters. The number of hydrogen-bond acceptors (Lipinski definition) is 4. The Labute approximate surface area is 139 Å². The first kappa shape index (κ1) is 15.7. The highest BCUT2D eigenvalue weighted by Gasteiger charge is 2.18. The second kappa shape index (κ2) is 6.12. The van der Waals surface area contributed by atoms with Gasteiger partial charge in [0.2, 0.25) is 0 Å². The predicted octanol–water partition coefficient (Wildman–Crippen LogP) is 3.65. The Hall–Kier alpha value is -2.21. The van der Waals surface area contributed by atoms with Crippen molar-refractivity contribution in [2.24, 2.45) is 0 Å². The minimum atomic E-state index is -0.0115. The molecule has 0 saturated carbocycles. The number of pyridine rings is 1. The molecule has 0 N–H and O–H groups in total. The summed E-state index contributed by atoms with van der Waals surface area (Å²) in [6.07, 6.45) is 1.78. The summed E-state index contributed by atoms with van der Waals surface area (Å²) in [5.41, 5.74) is 2.21. The molecule has 0 bridgehead atoms. The lowest BCUT2D eigenvalue weighted by molar-refractivity contribution is 0.0785. The summed E-state index contributed by atoms with van der Waals surface area (Å²) >= 11 is 1.65. The van der Waals surface area contributed by atoms with Crippen LogP contribution in [0.4, 0.5) is 0 Å². The number of hydrogen-bond donors (Lipinski definition) is 0. The molecule has 6 heteroatoms. The lowest BCUT2D eigenvalue weighted by Crippen LogP contribution is -2.26. The fourth-order valence-corrected chi connectivity index (χ4v) is 3.33. The summed E-state index contributed by atoms with van der Waals surface area (Å²) in [6, 6.07) is 6.17. The molecule has 0 aliphatic rings. The topological polar surface area (TPSA) is 51.0 Å². The predicted molar refractivity (Wildman–Crippen MR) is 92.8 cm³/mol. The minimum absolute atomic E-state index is 0.0115. The molecule has 0 saturated heterocycles. The summed E-state index contributed by atoms with van der Waals surface area (Å²) in [7, 11) is 1.82. The van der Waals surface area contributed by atoms with Crippen LogP contribution in [0.3, 0.4) is 0 Å². The smallest absolute Gasteiger partial charge is 0.255 e. The van der Waals surface area contributed by atoms with E-state index in [1.807, 2.05) is 42.2 Å². The van der Waals surface area contributed by atoms with E-state index in [1.165, 1.54) is 4.88 Å². The Balaban J connectivity index is 1.92. The highest BCUT2D eigenvalue weighted by atomic mass is 32.1. The van der Waals surface area contributed by atoms with Gasteiger partial charge < -0.3 is 4.90 Å². The normalized spacial score (nSPS) is 11.3. The van der Waals surface area contributed by atoms with Crippen molar-refractivity contribution in [1.82, 2.24) is 19.7 Å². The van der Waals surface area contributed by atoms with Gasteiger partial charge >= 0.3 is 0 Å². The van der Waals surface area contributed by atoms with Gasteiger partial charge in [-0.15, -0.1) is 11.3 Å². The molecule has 1 amide bonds. The van der Waals surface area contributed by atoms with Crippen LogP contribution in [0, 0.1) is 6.92 Å². The summed E-state index contributed by atoms with van der Waals surface area (Å²) in [5.74, 6) is -0.0115. The first-order valence-corrected chi connectivity index (χ1v) is 8.48. The molecule has 23 heavy (non-hydrogen) atoms. The lowest BCUT2D eigenvalue weighted by Gasteiger charge is -2.17. The molecule has 0 aliphatic heterocycles. The number of rotatable bonds is 4. The van der Waals surface area contributed by atoms with Crippen LogP contribution in [0.5, 0.6) is 0 Å². The molecule has 0 radical (unpaired) electrons. The Kier molecular flexibility index (Phi) is 4.17. The summed E-state index contributed by atoms with van der Waals surface area (Å²) < 4.78 is 1.88. The summed E-state index contributed by atoms with van der Waals surface area (Å²) in [6.45, 7) is 6.62. The van der Waals surface area contributed by atoms with E-state index in [4.69, 9.17) is 0 Å². The van der Waals surface area contributed by atoms with Gasteiger partial charge in [0.25, 0.3) is 5.91 Å². The molecule has 0 fully saturated rings. The van der Waals surface area contributed by atoms with Crippen molar-refractivity contribution in [3.8, 4) is 0 Å². The largest absolute Gasteiger partial charge is 0.337 e. The maximum absolute atomic E-state index is 12.7. The summed E-state index contributed by atoms with van der Waals surface area (Å²) in [4.78, 5) is 20.2. The number of aromatic nitrogens is 3. The molecule has 120 valence electrons. The third-order valence-corrected chi connectivity index (χ3v) is 4.66. The van der Waals surface area contributed by atoms with Crippen LogP contribution in [0.1, 0.15) is 40.8 Å². The average molecular weight is 328 g/mol. The van der Waals surface area contributed by atoms with E-state index in [1.54, 1.807) is 22.4 Å². The second-order valence-corrected chi connectivity index (χ2v) is 6.99. The van der Waals surface area contributed by atoms with Gasteiger partial charge in [-0.1, -0.05) is 6.07 Å². The number of fused-ring (bicyclic) bond motifs is 1. The Morgan fingerprint density at radius 1 is 1.43 bits per heavy atom. The van der Waals surface area contributed by atoms with E-state index in [2.05, 4.69) is 23.9 Å². The van der Waals surface area contributed by atoms with Crippen LogP contribution in [-0.2, 0) is 6.54 Å². The molecule has 3 aromatic rings. The second-order valence-electron chi connectivity index (χ2n) is 5.96. The average Bonchev–Trinajstić information content (AvgIpc) is 3.14. The quantitative estimate of drug-likeness (QED) is 0.734. The molecule has 0 atom stereocenters. The zero-order valence-electron chi connectivity index (χ0n) is 13.8. The fourth-order valence-electron chi connectivity index (χ4n) is 2.57. The van der Waals surface area contributed by atoms with E-state index in [0.717, 1.165) is 16.7 Å². The van der Waals surface area contributed by atoms with Crippen molar-refractivity contribution in [1.29, 1.82) is 0 Å². The van der Waals surface area contributed by atoms with Gasteiger partial charge in [-0.2, -0.15) is 5.10 Å². The van der Waals surface area contributed by atoms with Gasteiger partial charge in [-0.25, -0.2) is 9.67 Å². The Morgan fingerprint density at radius 3 is 2.87 bits per heavy atom. The van der Waals surface area contributed by atoms with Crippen LogP contribution >= 0.6 is 11.3 Å². The number of aryl methyl sites for hydroxylation is 1. The van der Waals surface area contributed by atoms with Gasteiger partial charge in [0.15, 0.2) is 5.65 Å². The molecule has 0 spiro atoms. The van der Waals surface area contributed by atoms with Gasteiger partial charge in [-0.05, 0) is 38.3 Å². The molecular weight excluding hydrogens is 308 g/mol. The van der Waals surface area contributed by atoms with Crippen molar-refractivity contribution in [2.45, 2.75) is 33.4 Å². The molecule has 0 aliphatic carbocycles. The molecule has 3 rings (SSSR count). The molecule has 5 nitrogen and oxygen atoms in total. The van der Waals surface area contributed by atoms with Gasteiger partial charge in [0.1, 0.15) is 0 Å². The first-order valence-electron chi connectivity index (χ1n) is 7.60. The van der Waals surface area contributed by atoms with Crippen LogP contribution in [0.2, 0.25) is 0 Å². The van der Waals surface area contributed by atoms with E-state index in [9.17, 15) is 4.79 Å². The van der Waals surface area contributed by atoms with Gasteiger partial charge in [0, 0.05) is 23.4 Å². The van der Waals surface area contributed by atoms with Gasteiger partial charge in [-0.3, -0.25) is 4.79 Å². The fraction of sp³-hybridized carbons (Fsp3) is 0.353. The SMILES string of the molecule is Cc1nc2c(cnn2C(C)C)cc1C(=O)N(C)Cc1cccs1. The van der Waals surface area contributed by atoms with Gasteiger partial charge in [0.05, 0.1) is 24.0 Å². The number of nitrogens with zero attached hydrogens (tertiary/aromatic N) is 4. The minimum Gasteiger partial charge on any atom is -0.337 e. The molecule has 3 heterocycles. The number of thiophene rings is 1.